The molecule has 0 aromatic heterocycles. The Kier molecular flexibility index (Phi) is 3.16. The second-order valence-corrected chi connectivity index (χ2v) is 6.25. The summed E-state index contributed by atoms with van der Waals surface area (Å²) < 4.78 is 0. The van der Waals surface area contributed by atoms with Crippen molar-refractivity contribution in [1.29, 1.82) is 5.26 Å². The van der Waals surface area contributed by atoms with Gasteiger partial charge in [0.25, 0.3) is 0 Å². The number of carbonyl (C=O) groups excluding carboxylic acids is 1. The van der Waals surface area contributed by atoms with Crippen LogP contribution in [0.3, 0.4) is 0 Å². The van der Waals surface area contributed by atoms with Gasteiger partial charge in [0.2, 0.25) is 5.91 Å². The van der Waals surface area contributed by atoms with Gasteiger partial charge in [-0.05, 0) is 37.0 Å². The van der Waals surface area contributed by atoms with Crippen LogP contribution >= 0.6 is 0 Å². The van der Waals surface area contributed by atoms with Crippen LogP contribution in [0.15, 0.2) is 0 Å². The van der Waals surface area contributed by atoms with E-state index in [0.717, 1.165) is 32.4 Å². The first-order chi connectivity index (χ1) is 7.98. The van der Waals surface area contributed by atoms with Crippen LogP contribution in [-0.2, 0) is 4.79 Å². The molecule has 1 amide bonds. The maximum atomic E-state index is 12.4. The smallest absolute Gasteiger partial charge is 0.243 e. The third kappa shape index (κ3) is 2.06. The maximum Gasteiger partial charge on any atom is 0.243 e. The molecular weight excluding hydrogens is 212 g/mol. The molecule has 17 heavy (non-hydrogen) atoms. The molecule has 1 unspecified atom stereocenters. The van der Waals surface area contributed by atoms with E-state index in [1.165, 1.54) is 0 Å². The molecule has 0 aromatic rings. The Hall–Kier alpha value is -1.04. The van der Waals surface area contributed by atoms with Gasteiger partial charge in [-0.25, -0.2) is 0 Å². The van der Waals surface area contributed by atoms with Crippen LogP contribution in [0.4, 0.5) is 0 Å². The van der Waals surface area contributed by atoms with E-state index in [4.69, 9.17) is 0 Å². The normalized spacial score (nSPS) is 36.8. The minimum absolute atomic E-state index is 0.0984. The van der Waals surface area contributed by atoms with Crippen molar-refractivity contribution >= 4 is 5.91 Å². The zero-order valence-electron chi connectivity index (χ0n) is 11.1. The van der Waals surface area contributed by atoms with E-state index in [-0.39, 0.29) is 5.91 Å². The zero-order chi connectivity index (χ0) is 12.6. The number of amides is 1. The van der Waals surface area contributed by atoms with E-state index in [9.17, 15) is 10.1 Å². The topological polar surface area (TPSA) is 44.1 Å². The lowest BCUT2D eigenvalue weighted by atomic mass is 9.63. The van der Waals surface area contributed by atoms with Crippen molar-refractivity contribution in [2.75, 3.05) is 13.1 Å². The molecule has 1 atom stereocenters. The molecule has 0 bridgehead atoms. The molecule has 2 rings (SSSR count). The zero-order valence-corrected chi connectivity index (χ0v) is 11.1. The minimum Gasteiger partial charge on any atom is -0.341 e. The van der Waals surface area contributed by atoms with Crippen molar-refractivity contribution in [2.24, 2.45) is 23.2 Å². The molecule has 2 aliphatic rings. The molecule has 1 saturated carbocycles. The quantitative estimate of drug-likeness (QED) is 0.736. The summed E-state index contributed by atoms with van der Waals surface area (Å²) in [5.74, 6) is 1.88. The van der Waals surface area contributed by atoms with Gasteiger partial charge in [0.1, 0.15) is 5.41 Å². The SMILES string of the molecule is CC1CC(C#N)(C(=O)N2CCC(C(C)C)C2)C1. The van der Waals surface area contributed by atoms with Gasteiger partial charge in [-0.2, -0.15) is 5.26 Å². The van der Waals surface area contributed by atoms with Crippen LogP contribution in [0.25, 0.3) is 0 Å². The van der Waals surface area contributed by atoms with Gasteiger partial charge in [-0.3, -0.25) is 4.79 Å². The number of nitrogens with zero attached hydrogens (tertiary/aromatic N) is 2. The van der Waals surface area contributed by atoms with Gasteiger partial charge in [0.05, 0.1) is 6.07 Å². The molecule has 1 aliphatic heterocycles. The lowest BCUT2D eigenvalue weighted by Crippen LogP contribution is -2.49. The highest BCUT2D eigenvalue weighted by Crippen LogP contribution is 2.47. The Bertz CT molecular complexity index is 350. The second kappa shape index (κ2) is 4.33. The number of rotatable bonds is 2. The van der Waals surface area contributed by atoms with Crippen molar-refractivity contribution in [2.45, 2.75) is 40.0 Å². The highest BCUT2D eigenvalue weighted by molar-refractivity contribution is 5.86. The summed E-state index contributed by atoms with van der Waals surface area (Å²) in [6.07, 6.45) is 2.61. The summed E-state index contributed by atoms with van der Waals surface area (Å²) in [6.45, 7) is 8.24. The number of likely N-dealkylation sites (tertiary alicyclic amines) is 1. The number of nitriles is 1. The molecule has 1 saturated heterocycles. The van der Waals surface area contributed by atoms with E-state index >= 15 is 0 Å². The summed E-state index contributed by atoms with van der Waals surface area (Å²) in [6, 6.07) is 2.27. The molecule has 0 aromatic carbocycles. The van der Waals surface area contributed by atoms with Crippen LogP contribution in [0.2, 0.25) is 0 Å². The van der Waals surface area contributed by atoms with Crippen LogP contribution < -0.4 is 0 Å². The Morgan fingerprint density at radius 2 is 2.12 bits per heavy atom. The molecule has 94 valence electrons. The molecule has 3 heteroatoms. The summed E-state index contributed by atoms with van der Waals surface area (Å²) in [7, 11) is 0. The average molecular weight is 234 g/mol. The van der Waals surface area contributed by atoms with Gasteiger partial charge < -0.3 is 4.90 Å². The molecular formula is C14H22N2O. The minimum atomic E-state index is -0.675. The van der Waals surface area contributed by atoms with Crippen LogP contribution in [-0.4, -0.2) is 23.9 Å². The van der Waals surface area contributed by atoms with E-state index in [0.29, 0.717) is 17.8 Å². The van der Waals surface area contributed by atoms with E-state index < -0.39 is 5.41 Å². The molecule has 2 fully saturated rings. The van der Waals surface area contributed by atoms with Crippen molar-refractivity contribution in [3.8, 4) is 6.07 Å². The van der Waals surface area contributed by atoms with E-state index in [2.05, 4.69) is 26.8 Å². The van der Waals surface area contributed by atoms with E-state index in [1.807, 2.05) is 4.90 Å². The third-order valence-corrected chi connectivity index (χ3v) is 4.47. The molecule has 0 spiro atoms. The fourth-order valence-corrected chi connectivity index (χ4v) is 3.26. The molecule has 1 heterocycles. The van der Waals surface area contributed by atoms with Crippen molar-refractivity contribution in [3.05, 3.63) is 0 Å². The predicted octanol–water partition coefficient (Wildman–Crippen LogP) is 2.43. The number of hydrogen-bond acceptors (Lipinski definition) is 2. The number of hydrogen-bond donors (Lipinski definition) is 0. The lowest BCUT2D eigenvalue weighted by molar-refractivity contribution is -0.144. The summed E-state index contributed by atoms with van der Waals surface area (Å²) in [5.41, 5.74) is -0.675. The fraction of sp³-hybridized carbons (Fsp3) is 0.857. The standard InChI is InChI=1S/C14H22N2O/c1-10(2)12-4-5-16(8-12)13(17)14(9-15)6-11(3)7-14/h10-12H,4-8H2,1-3H3. The van der Waals surface area contributed by atoms with Gasteiger partial charge >= 0.3 is 0 Å². The largest absolute Gasteiger partial charge is 0.341 e. The Morgan fingerprint density at radius 3 is 2.53 bits per heavy atom. The highest BCUT2D eigenvalue weighted by Gasteiger charge is 2.51. The predicted molar refractivity (Wildman–Crippen MR) is 66.0 cm³/mol. The van der Waals surface area contributed by atoms with Gasteiger partial charge in [-0.1, -0.05) is 20.8 Å². The second-order valence-electron chi connectivity index (χ2n) is 6.25. The van der Waals surface area contributed by atoms with Crippen molar-refractivity contribution in [3.63, 3.8) is 0 Å². The van der Waals surface area contributed by atoms with Crippen molar-refractivity contribution < 1.29 is 4.79 Å². The molecule has 0 N–H and O–H groups in total. The first-order valence-electron chi connectivity index (χ1n) is 6.69. The fourth-order valence-electron chi connectivity index (χ4n) is 3.26. The van der Waals surface area contributed by atoms with Crippen LogP contribution in [0.5, 0.6) is 0 Å². The Labute approximate surface area is 104 Å². The third-order valence-electron chi connectivity index (χ3n) is 4.47. The highest BCUT2D eigenvalue weighted by atomic mass is 16.2. The van der Waals surface area contributed by atoms with Gasteiger partial charge in [0, 0.05) is 13.1 Å². The average Bonchev–Trinajstić information content (AvgIpc) is 2.72. The summed E-state index contributed by atoms with van der Waals surface area (Å²) in [4.78, 5) is 14.3. The first kappa shape index (κ1) is 12.4. The Morgan fingerprint density at radius 1 is 1.47 bits per heavy atom. The monoisotopic (exact) mass is 234 g/mol. The summed E-state index contributed by atoms with van der Waals surface area (Å²) in [5, 5.41) is 9.26. The first-order valence-corrected chi connectivity index (χ1v) is 6.69. The molecule has 1 aliphatic carbocycles. The molecule has 3 nitrogen and oxygen atoms in total. The lowest BCUT2D eigenvalue weighted by Gasteiger charge is -2.41. The number of carbonyl (C=O) groups is 1. The molecule has 0 radical (unpaired) electrons. The van der Waals surface area contributed by atoms with E-state index in [1.54, 1.807) is 0 Å². The Balaban J connectivity index is 2.00. The summed E-state index contributed by atoms with van der Waals surface area (Å²) >= 11 is 0. The van der Waals surface area contributed by atoms with Crippen LogP contribution in [0.1, 0.15) is 40.0 Å². The van der Waals surface area contributed by atoms with Gasteiger partial charge in [-0.15, -0.1) is 0 Å². The van der Waals surface area contributed by atoms with Crippen molar-refractivity contribution in [1.82, 2.24) is 4.90 Å². The maximum absolute atomic E-state index is 12.4. The van der Waals surface area contributed by atoms with Gasteiger partial charge in [0.15, 0.2) is 0 Å². The van der Waals surface area contributed by atoms with Crippen LogP contribution in [0, 0.1) is 34.5 Å².